The fourth-order valence-corrected chi connectivity index (χ4v) is 2.12. The van der Waals surface area contributed by atoms with Crippen molar-refractivity contribution in [3.05, 3.63) is 45.3 Å². The van der Waals surface area contributed by atoms with Crippen LogP contribution in [0, 0.1) is 6.92 Å². The smallest absolute Gasteiger partial charge is 0.223 e. The number of halogens is 2. The number of aromatic nitrogens is 2. The maximum Gasteiger partial charge on any atom is 0.223 e. The lowest BCUT2D eigenvalue weighted by Crippen LogP contribution is -1.97. The average molecular weight is 328 g/mol. The second kappa shape index (κ2) is 5.67. The first kappa shape index (κ1) is 13.3. The summed E-state index contributed by atoms with van der Waals surface area (Å²) in [7, 11) is 0. The van der Waals surface area contributed by atoms with E-state index < -0.39 is 0 Å². The van der Waals surface area contributed by atoms with Crippen LogP contribution >= 0.6 is 27.5 Å². The summed E-state index contributed by atoms with van der Waals surface area (Å²) in [6.45, 7) is 3.94. The molecule has 0 saturated heterocycles. The van der Waals surface area contributed by atoms with Gasteiger partial charge in [0.15, 0.2) is 0 Å². The molecule has 0 aliphatic carbocycles. The summed E-state index contributed by atoms with van der Waals surface area (Å²) >= 11 is 9.25. The molecule has 1 aromatic heterocycles. The molecule has 1 aromatic carbocycles. The molecule has 5 heteroatoms. The van der Waals surface area contributed by atoms with Gasteiger partial charge in [-0.3, -0.25) is 0 Å². The number of nitrogens with zero attached hydrogens (tertiary/aromatic N) is 2. The minimum Gasteiger partial charge on any atom is -0.439 e. The van der Waals surface area contributed by atoms with Crippen molar-refractivity contribution in [2.24, 2.45) is 0 Å². The van der Waals surface area contributed by atoms with Crippen molar-refractivity contribution in [3.8, 4) is 11.6 Å². The van der Waals surface area contributed by atoms with Crippen LogP contribution in [0.15, 0.2) is 28.9 Å². The molecule has 0 amide bonds. The van der Waals surface area contributed by atoms with Gasteiger partial charge in [0.1, 0.15) is 16.2 Å². The van der Waals surface area contributed by atoms with Crippen LogP contribution in [0.4, 0.5) is 0 Å². The Hall–Kier alpha value is -1.13. The van der Waals surface area contributed by atoms with Crippen LogP contribution in [-0.4, -0.2) is 9.97 Å². The Morgan fingerprint density at radius 2 is 2.06 bits per heavy atom. The van der Waals surface area contributed by atoms with Crippen LogP contribution in [-0.2, 0) is 6.42 Å². The molecule has 0 fully saturated rings. The number of ether oxygens (including phenoxy) is 1. The monoisotopic (exact) mass is 326 g/mol. The first-order valence-corrected chi connectivity index (χ1v) is 6.73. The standard InChI is InChI=1S/C13H12BrClN2O/c1-3-12-16-11(14)7-13(17-12)18-10-5-4-9(15)6-8(10)2/h4-7H,3H2,1-2H3. The quantitative estimate of drug-likeness (QED) is 0.775. The molecule has 18 heavy (non-hydrogen) atoms. The molecule has 0 aliphatic heterocycles. The average Bonchev–Trinajstić information content (AvgIpc) is 2.32. The summed E-state index contributed by atoms with van der Waals surface area (Å²) in [5.74, 6) is 2.01. The highest BCUT2D eigenvalue weighted by atomic mass is 79.9. The Morgan fingerprint density at radius 3 is 2.72 bits per heavy atom. The summed E-state index contributed by atoms with van der Waals surface area (Å²) in [5, 5.41) is 0.693. The van der Waals surface area contributed by atoms with Crippen molar-refractivity contribution in [1.29, 1.82) is 0 Å². The van der Waals surface area contributed by atoms with Crippen molar-refractivity contribution in [2.45, 2.75) is 20.3 Å². The topological polar surface area (TPSA) is 35.0 Å². The Balaban J connectivity index is 2.30. The molecule has 0 saturated carbocycles. The molecule has 3 nitrogen and oxygen atoms in total. The first-order chi connectivity index (χ1) is 8.58. The molecule has 0 atom stereocenters. The summed E-state index contributed by atoms with van der Waals surface area (Å²) < 4.78 is 6.47. The molecule has 0 bridgehead atoms. The Labute approximate surface area is 119 Å². The van der Waals surface area contributed by atoms with E-state index in [1.165, 1.54) is 0 Å². The minimum atomic E-state index is 0.527. The zero-order valence-corrected chi connectivity index (χ0v) is 12.4. The third-order valence-corrected chi connectivity index (χ3v) is 3.03. The van der Waals surface area contributed by atoms with Gasteiger partial charge < -0.3 is 4.74 Å². The van der Waals surface area contributed by atoms with E-state index in [1.54, 1.807) is 12.1 Å². The predicted molar refractivity (Wildman–Crippen MR) is 75.4 cm³/mol. The minimum absolute atomic E-state index is 0.527. The number of benzene rings is 1. The Bertz CT molecular complexity index is 575. The van der Waals surface area contributed by atoms with Gasteiger partial charge in [0.25, 0.3) is 0 Å². The molecule has 1 heterocycles. The molecule has 94 valence electrons. The van der Waals surface area contributed by atoms with Gasteiger partial charge in [-0.05, 0) is 46.6 Å². The van der Waals surface area contributed by atoms with Crippen LogP contribution in [0.5, 0.6) is 11.6 Å². The fraction of sp³-hybridized carbons (Fsp3) is 0.231. The number of hydrogen-bond acceptors (Lipinski definition) is 3. The molecule has 2 rings (SSSR count). The summed E-state index contributed by atoms with van der Waals surface area (Å²) in [6.07, 6.45) is 0.759. The third-order valence-electron chi connectivity index (χ3n) is 2.39. The number of rotatable bonds is 3. The van der Waals surface area contributed by atoms with E-state index in [-0.39, 0.29) is 0 Å². The zero-order valence-electron chi connectivity index (χ0n) is 10.1. The van der Waals surface area contributed by atoms with Gasteiger partial charge in [0.2, 0.25) is 5.88 Å². The number of aryl methyl sites for hydroxylation is 2. The molecule has 0 N–H and O–H groups in total. The van der Waals surface area contributed by atoms with Crippen molar-refractivity contribution < 1.29 is 4.74 Å². The Morgan fingerprint density at radius 1 is 1.28 bits per heavy atom. The van der Waals surface area contributed by atoms with E-state index in [0.29, 0.717) is 10.9 Å². The second-order valence-electron chi connectivity index (χ2n) is 3.81. The zero-order chi connectivity index (χ0) is 13.1. The SMILES string of the molecule is CCc1nc(Br)cc(Oc2ccc(Cl)cc2C)n1. The summed E-state index contributed by atoms with van der Waals surface area (Å²) in [4.78, 5) is 8.55. The van der Waals surface area contributed by atoms with E-state index in [4.69, 9.17) is 16.3 Å². The lowest BCUT2D eigenvalue weighted by atomic mass is 10.2. The van der Waals surface area contributed by atoms with Gasteiger partial charge in [-0.2, -0.15) is 4.98 Å². The van der Waals surface area contributed by atoms with Crippen molar-refractivity contribution in [3.63, 3.8) is 0 Å². The molecule has 0 aliphatic rings. The van der Waals surface area contributed by atoms with Crippen LogP contribution < -0.4 is 4.74 Å². The molecule has 0 spiro atoms. The van der Waals surface area contributed by atoms with E-state index in [9.17, 15) is 0 Å². The van der Waals surface area contributed by atoms with Gasteiger partial charge in [-0.1, -0.05) is 18.5 Å². The van der Waals surface area contributed by atoms with Crippen LogP contribution in [0.1, 0.15) is 18.3 Å². The second-order valence-corrected chi connectivity index (χ2v) is 5.06. The molecular weight excluding hydrogens is 316 g/mol. The van der Waals surface area contributed by atoms with Crippen molar-refractivity contribution in [1.82, 2.24) is 9.97 Å². The molecule has 0 unspecified atom stereocenters. The molecule has 0 radical (unpaired) electrons. The van der Waals surface area contributed by atoms with E-state index in [1.807, 2.05) is 26.0 Å². The van der Waals surface area contributed by atoms with E-state index in [0.717, 1.165) is 28.2 Å². The largest absolute Gasteiger partial charge is 0.439 e. The van der Waals surface area contributed by atoms with E-state index in [2.05, 4.69) is 25.9 Å². The fourth-order valence-electron chi connectivity index (χ4n) is 1.49. The predicted octanol–water partition coefficient (Wildman–Crippen LogP) is 4.56. The normalized spacial score (nSPS) is 10.4. The third kappa shape index (κ3) is 3.21. The van der Waals surface area contributed by atoms with Crippen molar-refractivity contribution in [2.75, 3.05) is 0 Å². The van der Waals surface area contributed by atoms with Gasteiger partial charge in [-0.15, -0.1) is 0 Å². The van der Waals surface area contributed by atoms with Gasteiger partial charge in [-0.25, -0.2) is 4.98 Å². The van der Waals surface area contributed by atoms with Gasteiger partial charge in [0, 0.05) is 17.5 Å². The lowest BCUT2D eigenvalue weighted by Gasteiger charge is -2.09. The maximum absolute atomic E-state index is 5.90. The maximum atomic E-state index is 5.90. The van der Waals surface area contributed by atoms with Crippen LogP contribution in [0.25, 0.3) is 0 Å². The Kier molecular flexibility index (Phi) is 4.19. The molecule has 2 aromatic rings. The summed E-state index contributed by atoms with van der Waals surface area (Å²) in [5.41, 5.74) is 0.968. The van der Waals surface area contributed by atoms with Gasteiger partial charge in [0.05, 0.1) is 0 Å². The lowest BCUT2D eigenvalue weighted by molar-refractivity contribution is 0.454. The highest BCUT2D eigenvalue weighted by Gasteiger charge is 2.06. The van der Waals surface area contributed by atoms with Crippen molar-refractivity contribution >= 4 is 27.5 Å². The van der Waals surface area contributed by atoms with Gasteiger partial charge >= 0.3 is 0 Å². The molecular formula is C13H12BrClN2O. The highest BCUT2D eigenvalue weighted by molar-refractivity contribution is 9.10. The number of hydrogen-bond donors (Lipinski definition) is 0. The summed E-state index contributed by atoms with van der Waals surface area (Å²) in [6, 6.07) is 7.22. The first-order valence-electron chi connectivity index (χ1n) is 5.56. The van der Waals surface area contributed by atoms with E-state index >= 15 is 0 Å². The van der Waals surface area contributed by atoms with Crippen LogP contribution in [0.3, 0.4) is 0 Å². The highest BCUT2D eigenvalue weighted by Crippen LogP contribution is 2.27. The van der Waals surface area contributed by atoms with Crippen LogP contribution in [0.2, 0.25) is 5.02 Å².